The van der Waals surface area contributed by atoms with Gasteiger partial charge >= 0.3 is 0 Å². The van der Waals surface area contributed by atoms with Crippen LogP contribution in [0.5, 0.6) is 0 Å². The number of nitriles is 1. The summed E-state index contributed by atoms with van der Waals surface area (Å²) in [7, 11) is 3.38. The first-order valence-corrected chi connectivity index (χ1v) is 5.96. The maximum absolute atomic E-state index is 9.65. The van der Waals surface area contributed by atoms with E-state index in [9.17, 15) is 5.11 Å². The van der Waals surface area contributed by atoms with Gasteiger partial charge in [0, 0.05) is 25.2 Å². The largest absolute Gasteiger partial charge is 0.389 e. The number of aliphatic hydroxyl groups excluding tert-OH is 1. The Morgan fingerprint density at radius 3 is 2.88 bits per heavy atom. The van der Waals surface area contributed by atoms with E-state index in [2.05, 4.69) is 22.0 Å². The first-order valence-electron chi connectivity index (χ1n) is 5.17. The van der Waals surface area contributed by atoms with Gasteiger partial charge in [-0.3, -0.25) is 0 Å². The third-order valence-corrected chi connectivity index (χ3v) is 3.02. The van der Waals surface area contributed by atoms with Gasteiger partial charge in [0.15, 0.2) is 0 Å². The molecule has 0 aliphatic carbocycles. The predicted molar refractivity (Wildman–Crippen MR) is 70.0 cm³/mol. The van der Waals surface area contributed by atoms with Crippen molar-refractivity contribution in [1.82, 2.24) is 0 Å². The normalized spacial score (nSPS) is 11.9. The van der Waals surface area contributed by atoms with Crippen molar-refractivity contribution in [2.75, 3.05) is 32.2 Å². The fourth-order valence-electron chi connectivity index (χ4n) is 1.60. The van der Waals surface area contributed by atoms with Gasteiger partial charge in [-0.15, -0.1) is 0 Å². The molecule has 1 unspecified atom stereocenters. The van der Waals surface area contributed by atoms with Crippen LogP contribution in [0, 0.1) is 11.3 Å². The molecule has 0 saturated carbocycles. The van der Waals surface area contributed by atoms with Gasteiger partial charge in [0.1, 0.15) is 6.07 Å². The SMILES string of the molecule is COCC(O)CN(C)c1cccc(Br)c1C#N. The second kappa shape index (κ2) is 6.60. The summed E-state index contributed by atoms with van der Waals surface area (Å²) in [6.07, 6.45) is -0.574. The lowest BCUT2D eigenvalue weighted by Gasteiger charge is -2.23. The first-order chi connectivity index (χ1) is 8.10. The average Bonchev–Trinajstić information content (AvgIpc) is 2.28. The number of hydrogen-bond acceptors (Lipinski definition) is 4. The standard InChI is InChI=1S/C12H15BrN2O2/c1-15(7-9(16)8-17-2)12-5-3-4-11(13)10(12)6-14/h3-5,9,16H,7-8H2,1-2H3. The van der Waals surface area contributed by atoms with E-state index < -0.39 is 6.10 Å². The Balaban J connectivity index is 2.86. The molecule has 4 nitrogen and oxygen atoms in total. The molecule has 1 aromatic carbocycles. The van der Waals surface area contributed by atoms with Crippen molar-refractivity contribution in [2.45, 2.75) is 6.10 Å². The highest BCUT2D eigenvalue weighted by atomic mass is 79.9. The van der Waals surface area contributed by atoms with Gasteiger partial charge in [-0.2, -0.15) is 5.26 Å². The van der Waals surface area contributed by atoms with Crippen molar-refractivity contribution < 1.29 is 9.84 Å². The summed E-state index contributed by atoms with van der Waals surface area (Å²) < 4.78 is 5.62. The number of benzene rings is 1. The summed E-state index contributed by atoms with van der Waals surface area (Å²) in [5.74, 6) is 0. The molecule has 0 amide bonds. The second-order valence-corrected chi connectivity index (χ2v) is 4.59. The van der Waals surface area contributed by atoms with Gasteiger partial charge in [-0.25, -0.2) is 0 Å². The molecule has 1 aromatic rings. The molecule has 0 spiro atoms. The fraction of sp³-hybridized carbons (Fsp3) is 0.417. The van der Waals surface area contributed by atoms with Crippen LogP contribution in [0.25, 0.3) is 0 Å². The lowest BCUT2D eigenvalue weighted by atomic mass is 10.1. The first kappa shape index (κ1) is 14.0. The number of halogens is 1. The van der Waals surface area contributed by atoms with E-state index in [1.165, 1.54) is 0 Å². The maximum Gasteiger partial charge on any atom is 0.103 e. The van der Waals surface area contributed by atoms with E-state index in [-0.39, 0.29) is 6.61 Å². The highest BCUT2D eigenvalue weighted by Crippen LogP contribution is 2.26. The molecule has 0 radical (unpaired) electrons. The minimum absolute atomic E-state index is 0.278. The minimum Gasteiger partial charge on any atom is -0.389 e. The van der Waals surface area contributed by atoms with E-state index in [1.807, 2.05) is 30.1 Å². The predicted octanol–water partition coefficient (Wildman–Crippen LogP) is 1.76. The lowest BCUT2D eigenvalue weighted by molar-refractivity contribution is 0.0695. The minimum atomic E-state index is -0.574. The Bertz CT molecular complexity index is 417. The van der Waals surface area contributed by atoms with Crippen LogP contribution in [0.15, 0.2) is 22.7 Å². The molecule has 1 N–H and O–H groups in total. The summed E-state index contributed by atoms with van der Waals surface area (Å²) >= 11 is 3.34. The molecule has 0 saturated heterocycles. The molecule has 0 bridgehead atoms. The highest BCUT2D eigenvalue weighted by molar-refractivity contribution is 9.10. The van der Waals surface area contributed by atoms with Gasteiger partial charge in [0.05, 0.1) is 24.0 Å². The second-order valence-electron chi connectivity index (χ2n) is 3.74. The molecule has 1 rings (SSSR count). The van der Waals surface area contributed by atoms with Crippen LogP contribution < -0.4 is 4.90 Å². The van der Waals surface area contributed by atoms with E-state index in [4.69, 9.17) is 10.00 Å². The van der Waals surface area contributed by atoms with Crippen molar-refractivity contribution >= 4 is 21.6 Å². The zero-order valence-corrected chi connectivity index (χ0v) is 11.4. The summed E-state index contributed by atoms with van der Waals surface area (Å²) in [5.41, 5.74) is 1.36. The molecule has 5 heteroatoms. The van der Waals surface area contributed by atoms with Crippen LogP contribution >= 0.6 is 15.9 Å². The van der Waals surface area contributed by atoms with E-state index in [0.717, 1.165) is 10.2 Å². The molecule has 17 heavy (non-hydrogen) atoms. The topological polar surface area (TPSA) is 56.5 Å². The summed E-state index contributed by atoms with van der Waals surface area (Å²) in [4.78, 5) is 1.84. The fourth-order valence-corrected chi connectivity index (χ4v) is 2.05. The van der Waals surface area contributed by atoms with Crippen molar-refractivity contribution in [3.63, 3.8) is 0 Å². The number of rotatable bonds is 5. The van der Waals surface area contributed by atoms with Gasteiger partial charge in [0.2, 0.25) is 0 Å². The Kier molecular flexibility index (Phi) is 5.42. The molecule has 0 heterocycles. The average molecular weight is 299 g/mol. The van der Waals surface area contributed by atoms with E-state index >= 15 is 0 Å². The Hall–Kier alpha value is -1.09. The molecule has 0 aromatic heterocycles. The molecular weight excluding hydrogens is 284 g/mol. The van der Waals surface area contributed by atoms with Crippen molar-refractivity contribution in [2.24, 2.45) is 0 Å². The zero-order chi connectivity index (χ0) is 12.8. The molecule has 0 fully saturated rings. The third-order valence-electron chi connectivity index (χ3n) is 2.36. The lowest BCUT2D eigenvalue weighted by Crippen LogP contribution is -2.32. The number of likely N-dealkylation sites (N-methyl/N-ethyl adjacent to an activating group) is 1. The van der Waals surface area contributed by atoms with Crippen LogP contribution in [0.4, 0.5) is 5.69 Å². The van der Waals surface area contributed by atoms with Crippen LogP contribution in [-0.2, 0) is 4.74 Å². The van der Waals surface area contributed by atoms with E-state index in [1.54, 1.807) is 7.11 Å². The highest BCUT2D eigenvalue weighted by Gasteiger charge is 2.13. The summed E-state index contributed by atoms with van der Waals surface area (Å²) in [6.45, 7) is 0.694. The number of methoxy groups -OCH3 is 1. The third kappa shape index (κ3) is 3.70. The summed E-state index contributed by atoms with van der Waals surface area (Å²) in [6, 6.07) is 7.68. The molecule has 1 atom stereocenters. The number of nitrogens with zero attached hydrogens (tertiary/aromatic N) is 2. The van der Waals surface area contributed by atoms with Crippen LogP contribution in [0.2, 0.25) is 0 Å². The molecule has 92 valence electrons. The van der Waals surface area contributed by atoms with Gasteiger partial charge in [-0.1, -0.05) is 6.07 Å². The number of anilines is 1. The van der Waals surface area contributed by atoms with Crippen molar-refractivity contribution in [1.29, 1.82) is 5.26 Å². The Morgan fingerprint density at radius 1 is 1.59 bits per heavy atom. The number of ether oxygens (including phenoxy) is 1. The molecular formula is C12H15BrN2O2. The Labute approximate surface area is 110 Å². The molecule has 0 aliphatic heterocycles. The maximum atomic E-state index is 9.65. The monoisotopic (exact) mass is 298 g/mol. The summed E-state index contributed by atoms with van der Waals surface area (Å²) in [5, 5.41) is 18.7. The van der Waals surface area contributed by atoms with E-state index in [0.29, 0.717) is 12.1 Å². The van der Waals surface area contributed by atoms with Crippen LogP contribution in [-0.4, -0.2) is 38.5 Å². The van der Waals surface area contributed by atoms with Gasteiger partial charge < -0.3 is 14.7 Å². The van der Waals surface area contributed by atoms with Gasteiger partial charge in [0.25, 0.3) is 0 Å². The van der Waals surface area contributed by atoms with Crippen molar-refractivity contribution in [3.8, 4) is 6.07 Å². The van der Waals surface area contributed by atoms with Gasteiger partial charge in [-0.05, 0) is 28.1 Å². The van der Waals surface area contributed by atoms with Crippen LogP contribution in [0.1, 0.15) is 5.56 Å². The quantitative estimate of drug-likeness (QED) is 0.900. The smallest absolute Gasteiger partial charge is 0.103 e. The number of aliphatic hydroxyl groups is 1. The Morgan fingerprint density at radius 2 is 2.29 bits per heavy atom. The van der Waals surface area contributed by atoms with Crippen LogP contribution in [0.3, 0.4) is 0 Å². The molecule has 0 aliphatic rings. The number of hydrogen-bond donors (Lipinski definition) is 1. The zero-order valence-electron chi connectivity index (χ0n) is 9.85. The van der Waals surface area contributed by atoms with Crippen molar-refractivity contribution in [3.05, 3.63) is 28.2 Å².